The summed E-state index contributed by atoms with van der Waals surface area (Å²) in [5.74, 6) is -1.08. The van der Waals surface area contributed by atoms with Crippen LogP contribution in [0.4, 0.5) is 0 Å². The molecular weight excluding hydrogens is 170 g/mol. The van der Waals surface area contributed by atoms with Gasteiger partial charge in [-0.25, -0.2) is 0 Å². The van der Waals surface area contributed by atoms with E-state index in [0.717, 1.165) is 0 Å². The highest BCUT2D eigenvalue weighted by Gasteiger charge is 2.26. The summed E-state index contributed by atoms with van der Waals surface area (Å²) in [6.07, 6.45) is 1.30. The Hall–Kier alpha value is -1.36. The smallest absolute Gasteiger partial charge is 0.244 e. The molecule has 0 unspecified atom stereocenters. The highest BCUT2D eigenvalue weighted by Crippen LogP contribution is 2.00. The summed E-state index contributed by atoms with van der Waals surface area (Å²) in [6.45, 7) is 6.38. The van der Waals surface area contributed by atoms with Crippen LogP contribution < -0.4 is 16.8 Å². The van der Waals surface area contributed by atoms with Gasteiger partial charge in [-0.05, 0) is 13.8 Å². The molecule has 5 N–H and O–H groups in total. The molecule has 0 aromatic carbocycles. The van der Waals surface area contributed by atoms with Crippen LogP contribution in [0, 0.1) is 0 Å². The van der Waals surface area contributed by atoms with Crippen molar-refractivity contribution >= 4 is 11.8 Å². The van der Waals surface area contributed by atoms with Gasteiger partial charge in [0, 0.05) is 0 Å². The zero-order valence-electron chi connectivity index (χ0n) is 7.83. The van der Waals surface area contributed by atoms with E-state index in [1.165, 1.54) is 19.9 Å². The van der Waals surface area contributed by atoms with Crippen LogP contribution in [-0.2, 0) is 9.59 Å². The van der Waals surface area contributed by atoms with E-state index in [4.69, 9.17) is 11.5 Å². The minimum atomic E-state index is -1.18. The second kappa shape index (κ2) is 4.04. The van der Waals surface area contributed by atoms with E-state index in [0.29, 0.717) is 0 Å². The van der Waals surface area contributed by atoms with Gasteiger partial charge in [0.1, 0.15) is 11.6 Å². The van der Waals surface area contributed by atoms with Crippen molar-refractivity contribution in [3.05, 3.63) is 12.7 Å². The maximum absolute atomic E-state index is 11.3. The van der Waals surface area contributed by atoms with Gasteiger partial charge in [0.25, 0.3) is 0 Å². The van der Waals surface area contributed by atoms with Gasteiger partial charge in [-0.15, -0.1) is 6.58 Å². The van der Waals surface area contributed by atoms with Crippen LogP contribution >= 0.6 is 0 Å². The Labute approximate surface area is 77.2 Å². The molecule has 0 heterocycles. The molecule has 0 aliphatic rings. The molecule has 0 spiro atoms. The van der Waals surface area contributed by atoms with Crippen molar-refractivity contribution in [3.63, 3.8) is 0 Å². The molecule has 0 bridgehead atoms. The molecule has 0 saturated heterocycles. The molecule has 2 atom stereocenters. The number of nitrogens with two attached hydrogens (primary N) is 2. The number of rotatable bonds is 4. The summed E-state index contributed by atoms with van der Waals surface area (Å²) < 4.78 is 0. The lowest BCUT2D eigenvalue weighted by molar-refractivity contribution is -0.129. The topological polar surface area (TPSA) is 98.2 Å². The Morgan fingerprint density at radius 2 is 2.08 bits per heavy atom. The van der Waals surface area contributed by atoms with Gasteiger partial charge in [0.2, 0.25) is 11.8 Å². The molecule has 0 rings (SSSR count). The quantitative estimate of drug-likeness (QED) is 0.484. The summed E-state index contributed by atoms with van der Waals surface area (Å²) >= 11 is 0. The third kappa shape index (κ3) is 3.25. The van der Waals surface area contributed by atoms with Crippen molar-refractivity contribution in [2.45, 2.75) is 25.4 Å². The Bertz CT molecular complexity index is 236. The van der Waals surface area contributed by atoms with E-state index < -0.39 is 23.4 Å². The first-order valence-corrected chi connectivity index (χ1v) is 3.84. The van der Waals surface area contributed by atoms with Crippen molar-refractivity contribution < 1.29 is 9.59 Å². The van der Waals surface area contributed by atoms with E-state index in [9.17, 15) is 9.59 Å². The number of carbonyl (C=O) groups is 2. The van der Waals surface area contributed by atoms with Crippen molar-refractivity contribution in [1.29, 1.82) is 0 Å². The number of primary amides is 1. The predicted octanol–water partition coefficient (Wildman–Crippen LogP) is -1.12. The molecule has 5 heteroatoms. The fourth-order valence-electron chi connectivity index (χ4n) is 0.516. The third-order valence-corrected chi connectivity index (χ3v) is 1.69. The maximum atomic E-state index is 11.3. The highest BCUT2D eigenvalue weighted by atomic mass is 16.2. The molecule has 0 radical (unpaired) electrons. The lowest BCUT2D eigenvalue weighted by Gasteiger charge is -2.20. The SMILES string of the molecule is C=C[C@@](C)(N)C(=O)N[C@H](C)C(N)=O. The normalized spacial score (nSPS) is 16.8. The largest absolute Gasteiger partial charge is 0.368 e. The van der Waals surface area contributed by atoms with Gasteiger partial charge in [-0.1, -0.05) is 6.08 Å². The lowest BCUT2D eigenvalue weighted by Crippen LogP contribution is -2.54. The molecule has 0 aromatic heterocycles. The number of carbonyl (C=O) groups excluding carboxylic acids is 2. The van der Waals surface area contributed by atoms with Crippen molar-refractivity contribution in [2.75, 3.05) is 0 Å². The third-order valence-electron chi connectivity index (χ3n) is 1.69. The molecule has 0 aliphatic carbocycles. The molecule has 0 aliphatic heterocycles. The van der Waals surface area contributed by atoms with Crippen LogP contribution in [0.5, 0.6) is 0 Å². The Balaban J connectivity index is 4.31. The summed E-state index contributed by atoms with van der Waals surface area (Å²) in [7, 11) is 0. The molecular formula is C8H15N3O2. The summed E-state index contributed by atoms with van der Waals surface area (Å²) in [6, 6.07) is -0.727. The minimum absolute atomic E-state index is 0.478. The fraction of sp³-hybridized carbons (Fsp3) is 0.500. The summed E-state index contributed by atoms with van der Waals surface area (Å²) in [4.78, 5) is 21.9. The van der Waals surface area contributed by atoms with E-state index in [1.807, 2.05) is 0 Å². The molecule has 0 saturated carbocycles. The zero-order valence-corrected chi connectivity index (χ0v) is 7.83. The van der Waals surface area contributed by atoms with Crippen LogP contribution in [0.1, 0.15) is 13.8 Å². The zero-order chi connectivity index (χ0) is 10.6. The molecule has 13 heavy (non-hydrogen) atoms. The second-order valence-electron chi connectivity index (χ2n) is 3.08. The van der Waals surface area contributed by atoms with E-state index in [-0.39, 0.29) is 0 Å². The number of nitrogens with one attached hydrogen (secondary N) is 1. The fourth-order valence-corrected chi connectivity index (χ4v) is 0.516. The number of amides is 2. The summed E-state index contributed by atoms with van der Waals surface area (Å²) in [5, 5.41) is 2.36. The first-order chi connectivity index (χ1) is 5.81. The van der Waals surface area contributed by atoms with E-state index >= 15 is 0 Å². The Morgan fingerprint density at radius 1 is 1.62 bits per heavy atom. The minimum Gasteiger partial charge on any atom is -0.368 e. The highest BCUT2D eigenvalue weighted by molar-refractivity contribution is 5.92. The van der Waals surface area contributed by atoms with Gasteiger partial charge in [0.05, 0.1) is 0 Å². The van der Waals surface area contributed by atoms with Crippen molar-refractivity contribution in [3.8, 4) is 0 Å². The van der Waals surface area contributed by atoms with Crippen LogP contribution in [0.25, 0.3) is 0 Å². The van der Waals surface area contributed by atoms with Crippen LogP contribution in [0.3, 0.4) is 0 Å². The van der Waals surface area contributed by atoms with Gasteiger partial charge >= 0.3 is 0 Å². The van der Waals surface area contributed by atoms with Crippen LogP contribution in [-0.4, -0.2) is 23.4 Å². The van der Waals surface area contributed by atoms with Crippen LogP contribution in [0.15, 0.2) is 12.7 Å². The lowest BCUT2D eigenvalue weighted by atomic mass is 10.0. The molecule has 5 nitrogen and oxygen atoms in total. The second-order valence-corrected chi connectivity index (χ2v) is 3.08. The monoisotopic (exact) mass is 185 g/mol. The van der Waals surface area contributed by atoms with Gasteiger partial charge in [0.15, 0.2) is 0 Å². The molecule has 0 aromatic rings. The van der Waals surface area contributed by atoms with Gasteiger partial charge in [-0.2, -0.15) is 0 Å². The number of hydrogen-bond donors (Lipinski definition) is 3. The maximum Gasteiger partial charge on any atom is 0.244 e. The molecule has 2 amide bonds. The Morgan fingerprint density at radius 3 is 2.38 bits per heavy atom. The average Bonchev–Trinajstić information content (AvgIpc) is 2.04. The summed E-state index contributed by atoms with van der Waals surface area (Å²) in [5.41, 5.74) is 9.30. The van der Waals surface area contributed by atoms with Gasteiger partial charge in [-0.3, -0.25) is 9.59 Å². The first-order valence-electron chi connectivity index (χ1n) is 3.84. The van der Waals surface area contributed by atoms with Gasteiger partial charge < -0.3 is 16.8 Å². The average molecular weight is 185 g/mol. The Kier molecular flexibility index (Phi) is 3.62. The predicted molar refractivity (Wildman–Crippen MR) is 49.6 cm³/mol. The van der Waals surface area contributed by atoms with Crippen molar-refractivity contribution in [2.24, 2.45) is 11.5 Å². The van der Waals surface area contributed by atoms with Crippen molar-refractivity contribution in [1.82, 2.24) is 5.32 Å². The number of hydrogen-bond acceptors (Lipinski definition) is 3. The molecule has 0 fully saturated rings. The van der Waals surface area contributed by atoms with Crippen LogP contribution in [0.2, 0.25) is 0 Å². The first kappa shape index (κ1) is 11.6. The molecule has 74 valence electrons. The standard InChI is InChI=1S/C8H15N3O2/c1-4-8(3,10)7(13)11-5(2)6(9)12/h4-5H,1,10H2,2-3H3,(H2,9,12)(H,11,13)/t5-,8-/m1/s1. The van der Waals surface area contributed by atoms with E-state index in [2.05, 4.69) is 11.9 Å². The van der Waals surface area contributed by atoms with E-state index in [1.54, 1.807) is 0 Å².